The fourth-order valence-electron chi connectivity index (χ4n) is 1.85. The van der Waals surface area contributed by atoms with Gasteiger partial charge in [-0.2, -0.15) is 0 Å². The summed E-state index contributed by atoms with van der Waals surface area (Å²) in [6.45, 7) is 4.28. The van der Waals surface area contributed by atoms with Crippen molar-refractivity contribution in [1.29, 1.82) is 0 Å². The van der Waals surface area contributed by atoms with Crippen molar-refractivity contribution < 1.29 is 4.74 Å². The van der Waals surface area contributed by atoms with Crippen molar-refractivity contribution in [3.8, 4) is 0 Å². The second-order valence-electron chi connectivity index (χ2n) is 3.80. The summed E-state index contributed by atoms with van der Waals surface area (Å²) >= 11 is 0. The molecule has 16 heavy (non-hydrogen) atoms. The van der Waals surface area contributed by atoms with Crippen LogP contribution in [0.15, 0.2) is 54.6 Å². The van der Waals surface area contributed by atoms with Gasteiger partial charge in [-0.25, -0.2) is 0 Å². The molecule has 0 aromatic heterocycles. The number of likely N-dealkylation sites (N-methyl/N-ethyl adjacent to an activating group) is 1. The van der Waals surface area contributed by atoms with Crippen molar-refractivity contribution >= 4 is 0 Å². The van der Waals surface area contributed by atoms with E-state index in [-0.39, 0.29) is 6.04 Å². The van der Waals surface area contributed by atoms with Gasteiger partial charge in [0.05, 0.1) is 6.04 Å². The molecule has 0 aliphatic carbocycles. The quantitative estimate of drug-likeness (QED) is 0.821. The Morgan fingerprint density at radius 2 is 2.12 bits per heavy atom. The highest BCUT2D eigenvalue weighted by Crippen LogP contribution is 2.28. The molecule has 1 unspecified atom stereocenters. The SMILES string of the molecule is C=CC1=C(N)N(C)C(c2ccccc2)CO1. The van der Waals surface area contributed by atoms with Gasteiger partial charge >= 0.3 is 0 Å². The van der Waals surface area contributed by atoms with E-state index in [1.165, 1.54) is 5.56 Å². The van der Waals surface area contributed by atoms with Gasteiger partial charge in [-0.1, -0.05) is 36.9 Å². The molecule has 2 N–H and O–H groups in total. The Labute approximate surface area is 95.8 Å². The van der Waals surface area contributed by atoms with E-state index < -0.39 is 0 Å². The summed E-state index contributed by atoms with van der Waals surface area (Å²) in [5.74, 6) is 1.30. The Bertz CT molecular complexity index is 411. The molecule has 0 saturated heterocycles. The van der Waals surface area contributed by atoms with Gasteiger partial charge < -0.3 is 15.4 Å². The number of hydrogen-bond acceptors (Lipinski definition) is 3. The molecule has 0 bridgehead atoms. The first kappa shape index (κ1) is 10.6. The molecular weight excluding hydrogens is 200 g/mol. The van der Waals surface area contributed by atoms with E-state index in [1.54, 1.807) is 6.08 Å². The van der Waals surface area contributed by atoms with Gasteiger partial charge in [0.15, 0.2) is 5.76 Å². The fourth-order valence-corrected chi connectivity index (χ4v) is 1.85. The van der Waals surface area contributed by atoms with Crippen LogP contribution in [0.1, 0.15) is 11.6 Å². The third-order valence-corrected chi connectivity index (χ3v) is 2.87. The maximum absolute atomic E-state index is 5.97. The zero-order valence-corrected chi connectivity index (χ0v) is 9.39. The molecule has 1 atom stereocenters. The zero-order chi connectivity index (χ0) is 11.5. The Morgan fingerprint density at radius 1 is 1.44 bits per heavy atom. The zero-order valence-electron chi connectivity index (χ0n) is 9.39. The van der Waals surface area contributed by atoms with Gasteiger partial charge in [-0.3, -0.25) is 0 Å². The molecule has 0 radical (unpaired) electrons. The number of rotatable bonds is 2. The van der Waals surface area contributed by atoms with Crippen LogP contribution in [0.2, 0.25) is 0 Å². The van der Waals surface area contributed by atoms with E-state index in [2.05, 4.69) is 18.7 Å². The first-order valence-corrected chi connectivity index (χ1v) is 5.27. The molecule has 84 valence electrons. The first-order valence-electron chi connectivity index (χ1n) is 5.27. The lowest BCUT2D eigenvalue weighted by molar-refractivity contribution is 0.0966. The third kappa shape index (κ3) is 1.76. The fraction of sp³-hybridized carbons (Fsp3) is 0.231. The summed E-state index contributed by atoms with van der Waals surface area (Å²) in [5.41, 5.74) is 7.17. The van der Waals surface area contributed by atoms with Gasteiger partial charge in [0, 0.05) is 7.05 Å². The molecule has 3 nitrogen and oxygen atoms in total. The highest BCUT2D eigenvalue weighted by Gasteiger charge is 2.25. The molecular formula is C13H16N2O. The van der Waals surface area contributed by atoms with Crippen LogP contribution in [0.4, 0.5) is 0 Å². The first-order chi connectivity index (χ1) is 7.74. The number of nitrogens with zero attached hydrogens (tertiary/aromatic N) is 1. The van der Waals surface area contributed by atoms with Gasteiger partial charge in [0.25, 0.3) is 0 Å². The molecule has 0 saturated carbocycles. The summed E-state index contributed by atoms with van der Waals surface area (Å²) in [7, 11) is 1.97. The molecule has 0 spiro atoms. The summed E-state index contributed by atoms with van der Waals surface area (Å²) < 4.78 is 5.57. The van der Waals surface area contributed by atoms with Crippen LogP contribution in [0.3, 0.4) is 0 Å². The predicted octanol–water partition coefficient (Wildman–Crippen LogP) is 2.00. The van der Waals surface area contributed by atoms with E-state index in [0.717, 1.165) is 0 Å². The van der Waals surface area contributed by atoms with Crippen LogP contribution in [0.5, 0.6) is 0 Å². The summed E-state index contributed by atoms with van der Waals surface area (Å²) in [4.78, 5) is 2.02. The van der Waals surface area contributed by atoms with E-state index in [9.17, 15) is 0 Å². The van der Waals surface area contributed by atoms with Crippen LogP contribution >= 0.6 is 0 Å². The second-order valence-corrected chi connectivity index (χ2v) is 3.80. The Morgan fingerprint density at radius 3 is 2.75 bits per heavy atom. The third-order valence-electron chi connectivity index (χ3n) is 2.87. The van der Waals surface area contributed by atoms with Crippen LogP contribution < -0.4 is 5.73 Å². The number of allylic oxidation sites excluding steroid dienone is 1. The van der Waals surface area contributed by atoms with Gasteiger partial charge in [0.1, 0.15) is 12.4 Å². The highest BCUT2D eigenvalue weighted by molar-refractivity contribution is 5.25. The van der Waals surface area contributed by atoms with Crippen molar-refractivity contribution in [3.05, 3.63) is 60.1 Å². The number of nitrogens with two attached hydrogens (primary N) is 1. The van der Waals surface area contributed by atoms with E-state index in [4.69, 9.17) is 10.5 Å². The number of hydrogen-bond donors (Lipinski definition) is 1. The lowest BCUT2D eigenvalue weighted by Crippen LogP contribution is -2.36. The van der Waals surface area contributed by atoms with Gasteiger partial charge in [-0.05, 0) is 11.6 Å². The Kier molecular flexibility index (Phi) is 2.86. The minimum Gasteiger partial charge on any atom is -0.487 e. The summed E-state index contributed by atoms with van der Waals surface area (Å²) in [5, 5.41) is 0. The maximum Gasteiger partial charge on any atom is 0.158 e. The van der Waals surface area contributed by atoms with Crippen LogP contribution in [0, 0.1) is 0 Å². The maximum atomic E-state index is 5.97. The smallest absolute Gasteiger partial charge is 0.158 e. The minimum atomic E-state index is 0.171. The highest BCUT2D eigenvalue weighted by atomic mass is 16.5. The number of ether oxygens (including phenoxy) is 1. The topological polar surface area (TPSA) is 38.5 Å². The van der Waals surface area contributed by atoms with E-state index in [1.807, 2.05) is 30.1 Å². The normalized spacial score (nSPS) is 20.6. The summed E-state index contributed by atoms with van der Waals surface area (Å²) in [6, 6.07) is 10.4. The standard InChI is InChI=1S/C13H16N2O/c1-3-12-13(14)15(2)11(9-16-12)10-7-5-4-6-8-10/h3-8,11H,1,9,14H2,2H3. The van der Waals surface area contributed by atoms with Gasteiger partial charge in [0.2, 0.25) is 0 Å². The largest absolute Gasteiger partial charge is 0.487 e. The number of benzene rings is 1. The molecule has 1 aliphatic heterocycles. The average Bonchev–Trinajstić information content (AvgIpc) is 2.34. The van der Waals surface area contributed by atoms with Crippen LogP contribution in [-0.2, 0) is 4.74 Å². The molecule has 1 heterocycles. The van der Waals surface area contributed by atoms with Crippen molar-refractivity contribution in [1.82, 2.24) is 4.90 Å². The molecule has 0 amide bonds. The predicted molar refractivity (Wildman–Crippen MR) is 64.3 cm³/mol. The van der Waals surface area contributed by atoms with Gasteiger partial charge in [-0.15, -0.1) is 0 Å². The molecule has 1 aromatic carbocycles. The van der Waals surface area contributed by atoms with E-state index in [0.29, 0.717) is 18.2 Å². The van der Waals surface area contributed by atoms with Crippen molar-refractivity contribution in [2.24, 2.45) is 5.73 Å². The van der Waals surface area contributed by atoms with Crippen LogP contribution in [0.25, 0.3) is 0 Å². The molecule has 1 aromatic rings. The van der Waals surface area contributed by atoms with E-state index >= 15 is 0 Å². The lowest BCUT2D eigenvalue weighted by Gasteiger charge is -2.35. The second kappa shape index (κ2) is 4.31. The van der Waals surface area contributed by atoms with Crippen LogP contribution in [-0.4, -0.2) is 18.6 Å². The molecule has 0 fully saturated rings. The lowest BCUT2D eigenvalue weighted by atomic mass is 10.1. The average molecular weight is 216 g/mol. The van der Waals surface area contributed by atoms with Crippen molar-refractivity contribution in [2.75, 3.05) is 13.7 Å². The Balaban J connectivity index is 2.28. The molecule has 3 heteroatoms. The van der Waals surface area contributed by atoms with Crippen molar-refractivity contribution in [3.63, 3.8) is 0 Å². The molecule has 1 aliphatic rings. The minimum absolute atomic E-state index is 0.171. The Hall–Kier alpha value is -1.90. The van der Waals surface area contributed by atoms with Crippen molar-refractivity contribution in [2.45, 2.75) is 6.04 Å². The summed E-state index contributed by atoms with van der Waals surface area (Å²) in [6.07, 6.45) is 1.65. The molecule has 2 rings (SSSR count). The monoisotopic (exact) mass is 216 g/mol.